The highest BCUT2D eigenvalue weighted by molar-refractivity contribution is 5.94. The third-order valence-corrected chi connectivity index (χ3v) is 3.83. The molecule has 1 aromatic rings. The maximum absolute atomic E-state index is 12.0. The van der Waals surface area contributed by atoms with Crippen LogP contribution in [0.25, 0.3) is 0 Å². The van der Waals surface area contributed by atoms with Crippen LogP contribution in [0.5, 0.6) is 0 Å². The highest BCUT2D eigenvalue weighted by Crippen LogP contribution is 2.04. The molecule has 2 rings (SSSR count). The van der Waals surface area contributed by atoms with E-state index in [4.69, 9.17) is 4.74 Å². The van der Waals surface area contributed by atoms with Gasteiger partial charge in [-0.3, -0.25) is 9.69 Å². The number of carbonyl (C=O) groups is 2. The molecule has 1 fully saturated rings. The summed E-state index contributed by atoms with van der Waals surface area (Å²) in [6, 6.07) is 7.53. The predicted molar refractivity (Wildman–Crippen MR) is 83.9 cm³/mol. The Balaban J connectivity index is 1.68. The SMILES string of the molecule is COC(=O)N1CCN(CCNC(=O)c2ccc(C)cc2)CC1. The van der Waals surface area contributed by atoms with Crippen molar-refractivity contribution in [3.8, 4) is 0 Å². The monoisotopic (exact) mass is 305 g/mol. The van der Waals surface area contributed by atoms with Crippen LogP contribution in [0.4, 0.5) is 4.79 Å². The zero-order chi connectivity index (χ0) is 15.9. The minimum atomic E-state index is -0.271. The molecule has 0 aliphatic carbocycles. The lowest BCUT2D eigenvalue weighted by molar-refractivity contribution is 0.0885. The van der Waals surface area contributed by atoms with Gasteiger partial charge in [0.05, 0.1) is 7.11 Å². The molecule has 1 aliphatic heterocycles. The molecule has 0 bridgehead atoms. The van der Waals surface area contributed by atoms with Crippen molar-refractivity contribution in [2.45, 2.75) is 6.92 Å². The quantitative estimate of drug-likeness (QED) is 0.905. The first kappa shape index (κ1) is 16.3. The predicted octanol–water partition coefficient (Wildman–Crippen LogP) is 1.11. The lowest BCUT2D eigenvalue weighted by Crippen LogP contribution is -2.50. The molecule has 1 heterocycles. The average molecular weight is 305 g/mol. The minimum Gasteiger partial charge on any atom is -0.453 e. The molecule has 0 saturated carbocycles. The summed E-state index contributed by atoms with van der Waals surface area (Å²) in [5.74, 6) is -0.0480. The molecule has 0 spiro atoms. The summed E-state index contributed by atoms with van der Waals surface area (Å²) in [4.78, 5) is 27.3. The Kier molecular flexibility index (Phi) is 5.77. The molecule has 120 valence electrons. The lowest BCUT2D eigenvalue weighted by atomic mass is 10.1. The molecule has 22 heavy (non-hydrogen) atoms. The van der Waals surface area contributed by atoms with E-state index < -0.39 is 0 Å². The fraction of sp³-hybridized carbons (Fsp3) is 0.500. The van der Waals surface area contributed by atoms with Gasteiger partial charge in [0.15, 0.2) is 0 Å². The number of aryl methyl sites for hydroxylation is 1. The molecular formula is C16H23N3O3. The fourth-order valence-electron chi connectivity index (χ4n) is 2.42. The third-order valence-electron chi connectivity index (χ3n) is 3.83. The second kappa shape index (κ2) is 7.79. The van der Waals surface area contributed by atoms with Gasteiger partial charge in [-0.15, -0.1) is 0 Å². The van der Waals surface area contributed by atoms with Crippen molar-refractivity contribution in [2.75, 3.05) is 46.4 Å². The Morgan fingerprint density at radius 2 is 1.77 bits per heavy atom. The zero-order valence-corrected chi connectivity index (χ0v) is 13.2. The number of nitrogens with zero attached hydrogens (tertiary/aromatic N) is 2. The summed E-state index contributed by atoms with van der Waals surface area (Å²) in [6.45, 7) is 6.31. The number of rotatable bonds is 4. The van der Waals surface area contributed by atoms with E-state index in [9.17, 15) is 9.59 Å². The van der Waals surface area contributed by atoms with Crippen molar-refractivity contribution in [1.82, 2.24) is 15.1 Å². The Bertz CT molecular complexity index is 508. The van der Waals surface area contributed by atoms with Crippen molar-refractivity contribution in [1.29, 1.82) is 0 Å². The van der Waals surface area contributed by atoms with Gasteiger partial charge in [0, 0.05) is 44.8 Å². The standard InChI is InChI=1S/C16H23N3O3/c1-13-3-5-14(6-4-13)15(20)17-7-8-18-9-11-19(12-10-18)16(21)22-2/h3-6H,7-12H2,1-2H3,(H,17,20). The van der Waals surface area contributed by atoms with Crippen LogP contribution in [0.1, 0.15) is 15.9 Å². The Labute approximate surface area is 131 Å². The molecule has 1 saturated heterocycles. The van der Waals surface area contributed by atoms with Gasteiger partial charge in [0.25, 0.3) is 5.91 Å². The van der Waals surface area contributed by atoms with Crippen LogP contribution in [-0.2, 0) is 4.74 Å². The third kappa shape index (κ3) is 4.46. The zero-order valence-electron chi connectivity index (χ0n) is 13.2. The van der Waals surface area contributed by atoms with E-state index in [2.05, 4.69) is 10.2 Å². The van der Waals surface area contributed by atoms with Crippen molar-refractivity contribution >= 4 is 12.0 Å². The lowest BCUT2D eigenvalue weighted by Gasteiger charge is -2.33. The molecule has 6 heteroatoms. The van der Waals surface area contributed by atoms with Gasteiger partial charge >= 0.3 is 6.09 Å². The number of hydrogen-bond acceptors (Lipinski definition) is 4. The summed E-state index contributed by atoms with van der Waals surface area (Å²) in [6.07, 6.45) is -0.271. The second-order valence-electron chi connectivity index (χ2n) is 5.42. The normalized spacial score (nSPS) is 15.5. The topological polar surface area (TPSA) is 61.9 Å². The van der Waals surface area contributed by atoms with Crippen LogP contribution in [0.2, 0.25) is 0 Å². The van der Waals surface area contributed by atoms with Crippen LogP contribution in [-0.4, -0.2) is 68.2 Å². The summed E-state index contributed by atoms with van der Waals surface area (Å²) in [7, 11) is 1.40. The molecule has 1 aromatic carbocycles. The van der Waals surface area contributed by atoms with E-state index in [1.807, 2.05) is 31.2 Å². The van der Waals surface area contributed by atoms with Crippen LogP contribution < -0.4 is 5.32 Å². The van der Waals surface area contributed by atoms with E-state index in [1.165, 1.54) is 7.11 Å². The number of ether oxygens (including phenoxy) is 1. The largest absolute Gasteiger partial charge is 0.453 e. The van der Waals surface area contributed by atoms with E-state index in [1.54, 1.807) is 4.90 Å². The summed E-state index contributed by atoms with van der Waals surface area (Å²) < 4.78 is 4.71. The number of methoxy groups -OCH3 is 1. The van der Waals surface area contributed by atoms with Crippen molar-refractivity contribution in [2.24, 2.45) is 0 Å². The van der Waals surface area contributed by atoms with Crippen LogP contribution in [0.3, 0.4) is 0 Å². The van der Waals surface area contributed by atoms with Gasteiger partial charge in [-0.1, -0.05) is 17.7 Å². The van der Waals surface area contributed by atoms with E-state index >= 15 is 0 Å². The molecule has 1 N–H and O–H groups in total. The van der Waals surface area contributed by atoms with Gasteiger partial charge in [-0.25, -0.2) is 4.79 Å². The smallest absolute Gasteiger partial charge is 0.409 e. The summed E-state index contributed by atoms with van der Waals surface area (Å²) in [5.41, 5.74) is 1.82. The van der Waals surface area contributed by atoms with Crippen molar-refractivity contribution in [3.05, 3.63) is 35.4 Å². The van der Waals surface area contributed by atoms with Gasteiger partial charge < -0.3 is 15.0 Å². The van der Waals surface area contributed by atoms with E-state index in [0.717, 1.165) is 25.2 Å². The minimum absolute atomic E-state index is 0.0480. The Morgan fingerprint density at radius 3 is 2.36 bits per heavy atom. The van der Waals surface area contributed by atoms with Gasteiger partial charge in [-0.2, -0.15) is 0 Å². The highest BCUT2D eigenvalue weighted by atomic mass is 16.5. The number of hydrogen-bond donors (Lipinski definition) is 1. The summed E-state index contributed by atoms with van der Waals surface area (Å²) >= 11 is 0. The first-order valence-corrected chi connectivity index (χ1v) is 7.50. The molecular weight excluding hydrogens is 282 g/mol. The maximum Gasteiger partial charge on any atom is 0.409 e. The number of benzene rings is 1. The summed E-state index contributed by atoms with van der Waals surface area (Å²) in [5, 5.41) is 2.93. The first-order chi connectivity index (χ1) is 10.6. The van der Waals surface area contributed by atoms with E-state index in [-0.39, 0.29) is 12.0 Å². The first-order valence-electron chi connectivity index (χ1n) is 7.50. The van der Waals surface area contributed by atoms with Gasteiger partial charge in [0.1, 0.15) is 0 Å². The Hall–Kier alpha value is -2.08. The fourth-order valence-corrected chi connectivity index (χ4v) is 2.42. The van der Waals surface area contributed by atoms with E-state index in [0.29, 0.717) is 25.2 Å². The maximum atomic E-state index is 12.0. The molecule has 0 aromatic heterocycles. The number of amides is 2. The van der Waals surface area contributed by atoms with Crippen molar-refractivity contribution < 1.29 is 14.3 Å². The molecule has 1 aliphatic rings. The number of piperazine rings is 1. The average Bonchev–Trinajstić information content (AvgIpc) is 2.55. The second-order valence-corrected chi connectivity index (χ2v) is 5.42. The number of nitrogens with one attached hydrogen (secondary N) is 1. The Morgan fingerprint density at radius 1 is 1.14 bits per heavy atom. The highest BCUT2D eigenvalue weighted by Gasteiger charge is 2.21. The van der Waals surface area contributed by atoms with Crippen molar-refractivity contribution in [3.63, 3.8) is 0 Å². The molecule has 2 amide bonds. The van der Waals surface area contributed by atoms with Crippen LogP contribution >= 0.6 is 0 Å². The molecule has 6 nitrogen and oxygen atoms in total. The molecule has 0 atom stereocenters. The van der Waals surface area contributed by atoms with Gasteiger partial charge in [0.2, 0.25) is 0 Å². The molecule has 0 radical (unpaired) electrons. The van der Waals surface area contributed by atoms with Crippen LogP contribution in [0.15, 0.2) is 24.3 Å². The van der Waals surface area contributed by atoms with Crippen LogP contribution in [0, 0.1) is 6.92 Å². The molecule has 0 unspecified atom stereocenters. The van der Waals surface area contributed by atoms with Gasteiger partial charge in [-0.05, 0) is 19.1 Å². The number of carbonyl (C=O) groups excluding carboxylic acids is 2.